The van der Waals surface area contributed by atoms with Gasteiger partial charge >= 0.3 is 0 Å². The minimum absolute atomic E-state index is 0.331. The number of para-hydroxylation sites is 1. The lowest BCUT2D eigenvalue weighted by Crippen LogP contribution is -2.35. The molecule has 25 heavy (non-hydrogen) atoms. The SMILES string of the molecule is Cc1cccc2[nH]c(CCN(C)c3cc(C4CC(N)C4)ncn3)nc12. The molecule has 6 nitrogen and oxygen atoms in total. The Bertz CT molecular complexity index is 881. The summed E-state index contributed by atoms with van der Waals surface area (Å²) in [4.78, 5) is 19.1. The highest BCUT2D eigenvalue weighted by Gasteiger charge is 2.28. The highest BCUT2D eigenvalue weighted by molar-refractivity contribution is 5.78. The van der Waals surface area contributed by atoms with Crippen LogP contribution in [0.2, 0.25) is 0 Å². The van der Waals surface area contributed by atoms with Crippen LogP contribution in [-0.2, 0) is 6.42 Å². The molecule has 1 aliphatic rings. The first-order chi connectivity index (χ1) is 12.1. The van der Waals surface area contributed by atoms with Crippen molar-refractivity contribution in [2.45, 2.75) is 38.1 Å². The Morgan fingerprint density at radius 1 is 1.28 bits per heavy atom. The minimum atomic E-state index is 0.331. The highest BCUT2D eigenvalue weighted by Crippen LogP contribution is 2.35. The Hall–Kier alpha value is -2.47. The second-order valence-corrected chi connectivity index (χ2v) is 7.06. The number of aromatic nitrogens is 4. The van der Waals surface area contributed by atoms with Crippen LogP contribution in [0.3, 0.4) is 0 Å². The van der Waals surface area contributed by atoms with E-state index in [9.17, 15) is 0 Å². The third-order valence-corrected chi connectivity index (χ3v) is 5.11. The van der Waals surface area contributed by atoms with Crippen molar-refractivity contribution in [3.05, 3.63) is 47.7 Å². The molecule has 1 aromatic carbocycles. The highest BCUT2D eigenvalue weighted by atomic mass is 15.2. The summed E-state index contributed by atoms with van der Waals surface area (Å²) in [5.41, 5.74) is 10.4. The second kappa shape index (κ2) is 6.44. The Balaban J connectivity index is 1.43. The van der Waals surface area contributed by atoms with Gasteiger partial charge in [-0.1, -0.05) is 12.1 Å². The number of likely N-dealkylation sites (N-methyl/N-ethyl adjacent to an activating group) is 1. The predicted octanol–water partition coefficient (Wildman–Crippen LogP) is 2.54. The van der Waals surface area contributed by atoms with Crippen LogP contribution in [-0.4, -0.2) is 39.6 Å². The third-order valence-electron chi connectivity index (χ3n) is 5.11. The van der Waals surface area contributed by atoms with Crippen molar-refractivity contribution in [2.24, 2.45) is 5.73 Å². The molecule has 0 spiro atoms. The van der Waals surface area contributed by atoms with E-state index in [1.807, 2.05) is 0 Å². The van der Waals surface area contributed by atoms with Crippen LogP contribution in [0.15, 0.2) is 30.6 Å². The fourth-order valence-electron chi connectivity index (χ4n) is 3.43. The number of rotatable bonds is 5. The molecule has 2 aromatic heterocycles. The first-order valence-electron chi connectivity index (χ1n) is 8.83. The van der Waals surface area contributed by atoms with Gasteiger partial charge in [-0.15, -0.1) is 0 Å². The second-order valence-electron chi connectivity index (χ2n) is 7.06. The third kappa shape index (κ3) is 3.22. The summed E-state index contributed by atoms with van der Waals surface area (Å²) >= 11 is 0. The molecule has 0 radical (unpaired) electrons. The molecule has 6 heteroatoms. The molecule has 0 atom stereocenters. The van der Waals surface area contributed by atoms with Gasteiger partial charge in [0.15, 0.2) is 0 Å². The number of nitrogens with one attached hydrogen (secondary N) is 1. The Morgan fingerprint density at radius 3 is 2.88 bits per heavy atom. The summed E-state index contributed by atoms with van der Waals surface area (Å²) in [7, 11) is 2.06. The van der Waals surface area contributed by atoms with E-state index in [-0.39, 0.29) is 0 Å². The number of fused-ring (bicyclic) bond motifs is 1. The zero-order valence-electron chi connectivity index (χ0n) is 14.7. The van der Waals surface area contributed by atoms with E-state index >= 15 is 0 Å². The maximum atomic E-state index is 5.89. The fourth-order valence-corrected chi connectivity index (χ4v) is 3.43. The standard InChI is InChI=1S/C19H24N6/c1-12-4-3-5-15-19(12)24-17(23-15)6-7-25(2)18-10-16(21-11-22-18)13-8-14(20)9-13/h3-5,10-11,13-14H,6-9,20H2,1-2H3,(H,23,24). The molecule has 0 aliphatic heterocycles. The molecule has 1 fully saturated rings. The quantitative estimate of drug-likeness (QED) is 0.748. The summed E-state index contributed by atoms with van der Waals surface area (Å²) in [6.07, 6.45) is 4.56. The Morgan fingerprint density at radius 2 is 2.12 bits per heavy atom. The summed E-state index contributed by atoms with van der Waals surface area (Å²) in [6, 6.07) is 8.65. The summed E-state index contributed by atoms with van der Waals surface area (Å²) in [6.45, 7) is 2.94. The van der Waals surface area contributed by atoms with Crippen molar-refractivity contribution < 1.29 is 0 Å². The van der Waals surface area contributed by atoms with Gasteiger partial charge in [0.1, 0.15) is 18.0 Å². The van der Waals surface area contributed by atoms with E-state index in [4.69, 9.17) is 10.7 Å². The number of nitrogens with two attached hydrogens (primary N) is 1. The van der Waals surface area contributed by atoms with Crippen molar-refractivity contribution in [1.29, 1.82) is 0 Å². The van der Waals surface area contributed by atoms with Crippen molar-refractivity contribution in [1.82, 2.24) is 19.9 Å². The lowest BCUT2D eigenvalue weighted by molar-refractivity contribution is 0.345. The molecule has 0 amide bonds. The van der Waals surface area contributed by atoms with Crippen LogP contribution >= 0.6 is 0 Å². The molecule has 0 saturated heterocycles. The first-order valence-corrected chi connectivity index (χ1v) is 8.83. The van der Waals surface area contributed by atoms with E-state index in [0.717, 1.165) is 54.2 Å². The van der Waals surface area contributed by atoms with Gasteiger partial charge in [0.05, 0.1) is 11.0 Å². The van der Waals surface area contributed by atoms with E-state index in [1.165, 1.54) is 5.56 Å². The monoisotopic (exact) mass is 336 g/mol. The van der Waals surface area contributed by atoms with Crippen molar-refractivity contribution in [3.8, 4) is 0 Å². The van der Waals surface area contributed by atoms with Crippen molar-refractivity contribution >= 4 is 16.9 Å². The number of nitrogens with zero attached hydrogens (tertiary/aromatic N) is 4. The van der Waals surface area contributed by atoms with E-state index in [1.54, 1.807) is 6.33 Å². The fraction of sp³-hybridized carbons (Fsp3) is 0.421. The van der Waals surface area contributed by atoms with Gasteiger partial charge in [0.25, 0.3) is 0 Å². The van der Waals surface area contributed by atoms with Crippen molar-refractivity contribution in [2.75, 3.05) is 18.5 Å². The lowest BCUT2D eigenvalue weighted by atomic mass is 9.78. The largest absolute Gasteiger partial charge is 0.359 e. The average Bonchev–Trinajstić information content (AvgIpc) is 3.01. The number of aryl methyl sites for hydroxylation is 1. The number of imidazole rings is 1. The number of hydrogen-bond acceptors (Lipinski definition) is 5. The van der Waals surface area contributed by atoms with Crippen LogP contribution in [0.4, 0.5) is 5.82 Å². The first kappa shape index (κ1) is 16.0. The minimum Gasteiger partial charge on any atom is -0.359 e. The van der Waals surface area contributed by atoms with Gasteiger partial charge in [-0.2, -0.15) is 0 Å². The zero-order chi connectivity index (χ0) is 17.4. The molecule has 2 heterocycles. The van der Waals surface area contributed by atoms with Crippen molar-refractivity contribution in [3.63, 3.8) is 0 Å². The maximum Gasteiger partial charge on any atom is 0.131 e. The topological polar surface area (TPSA) is 83.7 Å². The molecule has 1 aliphatic carbocycles. The van der Waals surface area contributed by atoms with Gasteiger partial charge in [-0.25, -0.2) is 15.0 Å². The predicted molar refractivity (Wildman–Crippen MR) is 99.8 cm³/mol. The molecule has 3 aromatic rings. The van der Waals surface area contributed by atoms with Crippen LogP contribution in [0.1, 0.15) is 35.8 Å². The molecule has 0 bridgehead atoms. The van der Waals surface area contributed by atoms with E-state index < -0.39 is 0 Å². The molecular weight excluding hydrogens is 312 g/mol. The molecule has 130 valence electrons. The molecule has 1 saturated carbocycles. The number of aromatic amines is 1. The van der Waals surface area contributed by atoms with Crippen LogP contribution in [0, 0.1) is 6.92 Å². The average molecular weight is 336 g/mol. The van der Waals surface area contributed by atoms with Crippen LogP contribution in [0.5, 0.6) is 0 Å². The molecule has 0 unspecified atom stereocenters. The van der Waals surface area contributed by atoms with Gasteiger partial charge in [0.2, 0.25) is 0 Å². The van der Waals surface area contributed by atoms with E-state index in [0.29, 0.717) is 12.0 Å². The van der Waals surface area contributed by atoms with Crippen LogP contribution in [0.25, 0.3) is 11.0 Å². The maximum absolute atomic E-state index is 5.89. The molecule has 3 N–H and O–H groups in total. The summed E-state index contributed by atoms with van der Waals surface area (Å²) in [5.74, 6) is 2.46. The number of hydrogen-bond donors (Lipinski definition) is 2. The van der Waals surface area contributed by atoms with E-state index in [2.05, 4.69) is 58.1 Å². The van der Waals surface area contributed by atoms with Gasteiger partial charge in [-0.05, 0) is 31.4 Å². The normalized spacial score (nSPS) is 19.8. The number of anilines is 1. The summed E-state index contributed by atoms with van der Waals surface area (Å²) < 4.78 is 0. The van der Waals surface area contributed by atoms with Crippen LogP contribution < -0.4 is 10.6 Å². The van der Waals surface area contributed by atoms with Gasteiger partial charge < -0.3 is 15.6 Å². The smallest absolute Gasteiger partial charge is 0.131 e. The van der Waals surface area contributed by atoms with Gasteiger partial charge in [-0.3, -0.25) is 0 Å². The molecule has 4 rings (SSSR count). The molecular formula is C19H24N6. The lowest BCUT2D eigenvalue weighted by Gasteiger charge is -2.32. The van der Waals surface area contributed by atoms with Gasteiger partial charge in [0, 0.05) is 43.7 Å². The number of benzene rings is 1. The Labute approximate surface area is 147 Å². The summed E-state index contributed by atoms with van der Waals surface area (Å²) in [5, 5.41) is 0. The zero-order valence-corrected chi connectivity index (χ0v) is 14.7. The number of H-pyrrole nitrogens is 1. The Kier molecular flexibility index (Phi) is 4.13.